The van der Waals surface area contributed by atoms with Crippen LogP contribution >= 0.6 is 0 Å². The van der Waals surface area contributed by atoms with Crippen molar-refractivity contribution in [1.82, 2.24) is 9.55 Å². The van der Waals surface area contributed by atoms with Crippen LogP contribution in [0.2, 0.25) is 0 Å². The van der Waals surface area contributed by atoms with Crippen molar-refractivity contribution < 1.29 is 0 Å². The van der Waals surface area contributed by atoms with Crippen LogP contribution in [0, 0.1) is 0 Å². The first-order chi connectivity index (χ1) is 18.4. The van der Waals surface area contributed by atoms with Gasteiger partial charge in [0.25, 0.3) is 0 Å². The molecule has 0 amide bonds. The zero-order chi connectivity index (χ0) is 24.3. The third-order valence-electron chi connectivity index (χ3n) is 7.65. The molecular weight excluding hydrogens is 448 g/mol. The first kappa shape index (κ1) is 20.3. The fourth-order valence-corrected chi connectivity index (χ4v) is 6.15. The lowest BCUT2D eigenvalue weighted by Gasteiger charge is -2.16. The summed E-state index contributed by atoms with van der Waals surface area (Å²) in [5.74, 6) is 0. The summed E-state index contributed by atoms with van der Waals surface area (Å²) in [7, 11) is 0. The van der Waals surface area contributed by atoms with Gasteiger partial charge in [0.2, 0.25) is 0 Å². The Hall–Kier alpha value is -4.95. The van der Waals surface area contributed by atoms with E-state index in [1.54, 1.807) is 0 Å². The maximum atomic E-state index is 4.29. The van der Waals surface area contributed by atoms with Crippen molar-refractivity contribution in [2.75, 3.05) is 0 Å². The van der Waals surface area contributed by atoms with Gasteiger partial charge in [-0.05, 0) is 56.9 Å². The van der Waals surface area contributed by atoms with Crippen LogP contribution in [0.5, 0.6) is 0 Å². The average molecular weight is 471 g/mol. The van der Waals surface area contributed by atoms with E-state index in [-0.39, 0.29) is 0 Å². The molecule has 0 radical (unpaired) electrons. The van der Waals surface area contributed by atoms with E-state index < -0.39 is 0 Å². The van der Waals surface area contributed by atoms with Gasteiger partial charge in [0.1, 0.15) is 0 Å². The highest BCUT2D eigenvalue weighted by Crippen LogP contribution is 2.46. The van der Waals surface area contributed by atoms with Crippen molar-refractivity contribution >= 4 is 54.1 Å². The predicted octanol–water partition coefficient (Wildman–Crippen LogP) is 9.31. The van der Waals surface area contributed by atoms with Crippen molar-refractivity contribution in [3.05, 3.63) is 134 Å². The van der Waals surface area contributed by atoms with Crippen LogP contribution in [-0.2, 0) is 0 Å². The largest absolute Gasteiger partial charge is 0.308 e. The van der Waals surface area contributed by atoms with Crippen molar-refractivity contribution in [1.29, 1.82) is 0 Å². The number of hydrogen-bond donors (Lipinski definition) is 0. The number of hydrogen-bond acceptors (Lipinski definition) is 1. The van der Waals surface area contributed by atoms with E-state index >= 15 is 0 Å². The summed E-state index contributed by atoms with van der Waals surface area (Å²) in [6, 6.07) is 43.9. The summed E-state index contributed by atoms with van der Waals surface area (Å²) in [4.78, 5) is 4.29. The Kier molecular flexibility index (Phi) is 4.26. The quantitative estimate of drug-likeness (QED) is 0.230. The van der Waals surface area contributed by atoms with Crippen LogP contribution in [0.15, 0.2) is 134 Å². The number of rotatable bonds is 2. The molecular formula is C35H22N2. The van der Waals surface area contributed by atoms with Crippen LogP contribution in [0.4, 0.5) is 0 Å². The van der Waals surface area contributed by atoms with Gasteiger partial charge in [0, 0.05) is 39.6 Å². The molecule has 37 heavy (non-hydrogen) atoms. The van der Waals surface area contributed by atoms with Gasteiger partial charge in [-0.15, -0.1) is 0 Å². The maximum Gasteiger partial charge on any atom is 0.0626 e. The second kappa shape index (κ2) is 7.78. The lowest BCUT2D eigenvalue weighted by molar-refractivity contribution is 1.16. The highest BCUT2D eigenvalue weighted by molar-refractivity contribution is 6.37. The summed E-state index contributed by atoms with van der Waals surface area (Å²) in [6.45, 7) is 0. The first-order valence-electron chi connectivity index (χ1n) is 12.7. The van der Waals surface area contributed by atoms with Crippen LogP contribution in [0.3, 0.4) is 0 Å². The van der Waals surface area contributed by atoms with Crippen molar-refractivity contribution in [2.24, 2.45) is 0 Å². The van der Waals surface area contributed by atoms with Crippen LogP contribution in [0.1, 0.15) is 0 Å². The van der Waals surface area contributed by atoms with Gasteiger partial charge in [-0.1, -0.05) is 97.1 Å². The molecule has 2 aromatic heterocycles. The molecule has 6 aromatic carbocycles. The zero-order valence-corrected chi connectivity index (χ0v) is 20.1. The molecule has 0 spiro atoms. The van der Waals surface area contributed by atoms with E-state index in [0.717, 1.165) is 5.69 Å². The minimum absolute atomic E-state index is 1.12. The second-order valence-electron chi connectivity index (χ2n) is 9.59. The molecule has 0 fully saturated rings. The molecule has 8 rings (SSSR count). The Labute approximate surface area is 214 Å². The normalized spacial score (nSPS) is 11.8. The molecule has 0 saturated heterocycles. The zero-order valence-electron chi connectivity index (χ0n) is 20.1. The lowest BCUT2D eigenvalue weighted by Crippen LogP contribution is -1.95. The van der Waals surface area contributed by atoms with Gasteiger partial charge < -0.3 is 4.57 Å². The molecule has 0 saturated carbocycles. The topological polar surface area (TPSA) is 17.8 Å². The fraction of sp³-hybridized carbons (Fsp3) is 0. The molecule has 2 nitrogen and oxygen atoms in total. The molecule has 0 aliphatic carbocycles. The minimum atomic E-state index is 1.12. The summed E-state index contributed by atoms with van der Waals surface area (Å²) in [6.07, 6.45) is 3.75. The SMILES string of the molecule is c1ccc(-c2cc3c4ccccc4c4c(c5ccccc5n4-c4ccncc4)c3c3ccccc23)cc1. The van der Waals surface area contributed by atoms with Gasteiger partial charge in [-0.25, -0.2) is 0 Å². The van der Waals surface area contributed by atoms with Crippen LogP contribution < -0.4 is 0 Å². The number of para-hydroxylation sites is 1. The van der Waals surface area contributed by atoms with E-state index in [0.29, 0.717) is 0 Å². The molecule has 0 unspecified atom stereocenters. The van der Waals surface area contributed by atoms with Gasteiger partial charge in [-0.2, -0.15) is 0 Å². The molecule has 2 heteroatoms. The summed E-state index contributed by atoms with van der Waals surface area (Å²) in [5, 5.41) is 10.3. The van der Waals surface area contributed by atoms with Crippen molar-refractivity contribution in [2.45, 2.75) is 0 Å². The van der Waals surface area contributed by atoms with E-state index in [1.807, 2.05) is 12.4 Å². The first-order valence-corrected chi connectivity index (χ1v) is 12.7. The third-order valence-corrected chi connectivity index (χ3v) is 7.65. The molecule has 0 atom stereocenters. The highest BCUT2D eigenvalue weighted by Gasteiger charge is 2.21. The summed E-state index contributed by atoms with van der Waals surface area (Å²) >= 11 is 0. The molecule has 0 N–H and O–H groups in total. The fourth-order valence-electron chi connectivity index (χ4n) is 6.15. The molecule has 0 bridgehead atoms. The second-order valence-corrected chi connectivity index (χ2v) is 9.59. The summed E-state index contributed by atoms with van der Waals surface area (Å²) in [5.41, 5.74) is 6.08. The van der Waals surface area contributed by atoms with E-state index in [9.17, 15) is 0 Å². The Morgan fingerprint density at radius 2 is 1.08 bits per heavy atom. The number of benzene rings is 6. The van der Waals surface area contributed by atoms with Gasteiger partial charge in [0.05, 0.1) is 11.0 Å². The number of nitrogens with zero attached hydrogens (tertiary/aromatic N) is 2. The van der Waals surface area contributed by atoms with Crippen molar-refractivity contribution in [3.8, 4) is 16.8 Å². The predicted molar refractivity (Wildman–Crippen MR) is 157 cm³/mol. The van der Waals surface area contributed by atoms with Gasteiger partial charge in [-0.3, -0.25) is 4.98 Å². The molecule has 172 valence electrons. The van der Waals surface area contributed by atoms with Gasteiger partial charge in [0.15, 0.2) is 0 Å². The molecule has 0 aliphatic heterocycles. The highest BCUT2D eigenvalue weighted by atomic mass is 15.0. The Bertz CT molecular complexity index is 2120. The smallest absolute Gasteiger partial charge is 0.0626 e. The Morgan fingerprint density at radius 1 is 0.459 bits per heavy atom. The standard InChI is InChI=1S/C35H22N2/c1-2-10-23(11-3-1)30-22-31-26-13-5-7-15-28(26)35-34(33(31)27-14-6-4-12-25(27)30)29-16-8-9-17-32(29)37(35)24-18-20-36-21-19-24/h1-22H. The molecule has 0 aliphatic rings. The number of fused-ring (bicyclic) bond motifs is 10. The van der Waals surface area contributed by atoms with E-state index in [2.05, 4.69) is 131 Å². The van der Waals surface area contributed by atoms with Crippen LogP contribution in [0.25, 0.3) is 70.9 Å². The Morgan fingerprint density at radius 3 is 1.86 bits per heavy atom. The lowest BCUT2D eigenvalue weighted by atomic mass is 9.88. The average Bonchev–Trinajstić information content (AvgIpc) is 3.33. The minimum Gasteiger partial charge on any atom is -0.308 e. The third kappa shape index (κ3) is 2.84. The van der Waals surface area contributed by atoms with Crippen molar-refractivity contribution in [3.63, 3.8) is 0 Å². The van der Waals surface area contributed by atoms with E-state index in [1.165, 1.54) is 65.3 Å². The van der Waals surface area contributed by atoms with E-state index in [4.69, 9.17) is 0 Å². The maximum absolute atomic E-state index is 4.29. The van der Waals surface area contributed by atoms with Gasteiger partial charge >= 0.3 is 0 Å². The molecule has 8 aromatic rings. The Balaban J connectivity index is 1.71. The monoisotopic (exact) mass is 470 g/mol. The van der Waals surface area contributed by atoms with Crippen LogP contribution in [-0.4, -0.2) is 9.55 Å². The molecule has 2 heterocycles. The summed E-state index contributed by atoms with van der Waals surface area (Å²) < 4.78 is 2.41. The number of pyridine rings is 1. The number of aromatic nitrogens is 2.